The Bertz CT molecular complexity index is 763. The van der Waals surface area contributed by atoms with Gasteiger partial charge in [0.1, 0.15) is 0 Å². The Morgan fingerprint density at radius 1 is 1.25 bits per heavy atom. The van der Waals surface area contributed by atoms with Crippen LogP contribution < -0.4 is 11.1 Å². The number of carbonyl (C=O) groups excluding carboxylic acids is 1. The van der Waals surface area contributed by atoms with Crippen molar-refractivity contribution in [2.24, 2.45) is 0 Å². The molecule has 0 saturated heterocycles. The van der Waals surface area contributed by atoms with E-state index in [0.29, 0.717) is 17.8 Å². The molecule has 5 nitrogen and oxygen atoms in total. The molecule has 4 N–H and O–H groups in total. The molecule has 0 aliphatic carbocycles. The lowest BCUT2D eigenvalue weighted by Crippen LogP contribution is -2.22. The second-order valence-corrected chi connectivity index (χ2v) is 4.56. The zero-order chi connectivity index (χ0) is 13.9. The van der Waals surface area contributed by atoms with Gasteiger partial charge in [-0.2, -0.15) is 0 Å². The predicted molar refractivity (Wildman–Crippen MR) is 78.1 cm³/mol. The molecule has 20 heavy (non-hydrogen) atoms. The smallest absolute Gasteiger partial charge is 0.251 e. The van der Waals surface area contributed by atoms with Crippen LogP contribution in [0, 0.1) is 0 Å². The summed E-state index contributed by atoms with van der Waals surface area (Å²) in [7, 11) is 0. The quantitative estimate of drug-likeness (QED) is 0.634. The normalized spacial score (nSPS) is 10.6. The number of H-pyrrole nitrogens is 1. The summed E-state index contributed by atoms with van der Waals surface area (Å²) in [5.41, 5.74) is 9.66. The maximum absolute atomic E-state index is 12.1. The summed E-state index contributed by atoms with van der Waals surface area (Å²) in [5, 5.41) is 2.87. The van der Waals surface area contributed by atoms with E-state index in [0.717, 1.165) is 16.6 Å². The number of nitrogens with zero attached hydrogens (tertiary/aromatic N) is 1. The van der Waals surface area contributed by atoms with Gasteiger partial charge in [-0.05, 0) is 35.9 Å². The first-order valence-electron chi connectivity index (χ1n) is 6.28. The minimum atomic E-state index is -0.121. The van der Waals surface area contributed by atoms with Gasteiger partial charge in [0.2, 0.25) is 0 Å². The highest BCUT2D eigenvalue weighted by molar-refractivity contribution is 5.97. The Balaban J connectivity index is 1.72. The first kappa shape index (κ1) is 12.2. The molecule has 0 saturated carbocycles. The van der Waals surface area contributed by atoms with Crippen LogP contribution in [-0.4, -0.2) is 15.9 Å². The predicted octanol–water partition coefficient (Wildman–Crippen LogP) is 2.08. The van der Waals surface area contributed by atoms with Crippen LogP contribution in [0.15, 0.2) is 48.8 Å². The zero-order valence-corrected chi connectivity index (χ0v) is 10.8. The summed E-state index contributed by atoms with van der Waals surface area (Å²) in [6, 6.07) is 12.8. The molecule has 1 aromatic heterocycles. The Hall–Kier alpha value is -2.82. The maximum Gasteiger partial charge on any atom is 0.251 e. The number of imidazole rings is 1. The van der Waals surface area contributed by atoms with Gasteiger partial charge >= 0.3 is 0 Å². The van der Waals surface area contributed by atoms with Gasteiger partial charge in [0, 0.05) is 17.8 Å². The van der Waals surface area contributed by atoms with Crippen LogP contribution in [-0.2, 0) is 6.54 Å². The Kier molecular flexibility index (Phi) is 3.09. The number of aromatic amines is 1. The van der Waals surface area contributed by atoms with Crippen molar-refractivity contribution in [3.05, 3.63) is 59.9 Å². The maximum atomic E-state index is 12.1. The molecule has 3 rings (SSSR count). The number of nitrogen functional groups attached to an aromatic ring is 1. The van der Waals surface area contributed by atoms with Crippen LogP contribution in [0.5, 0.6) is 0 Å². The van der Waals surface area contributed by atoms with Gasteiger partial charge in [-0.1, -0.05) is 12.1 Å². The molecule has 0 unspecified atom stereocenters. The fraction of sp³-hybridized carbons (Fsp3) is 0.0667. The third kappa shape index (κ3) is 2.47. The first-order valence-corrected chi connectivity index (χ1v) is 6.28. The van der Waals surface area contributed by atoms with Gasteiger partial charge in [-0.25, -0.2) is 4.98 Å². The van der Waals surface area contributed by atoms with E-state index >= 15 is 0 Å². The van der Waals surface area contributed by atoms with Crippen molar-refractivity contribution in [1.29, 1.82) is 0 Å². The Labute approximate surface area is 115 Å². The Morgan fingerprint density at radius 2 is 2.15 bits per heavy atom. The molecule has 0 aliphatic rings. The highest BCUT2D eigenvalue weighted by atomic mass is 16.1. The monoisotopic (exact) mass is 266 g/mol. The molecule has 0 spiro atoms. The number of rotatable bonds is 3. The van der Waals surface area contributed by atoms with Gasteiger partial charge in [-0.3, -0.25) is 4.79 Å². The molecular weight excluding hydrogens is 252 g/mol. The van der Waals surface area contributed by atoms with E-state index in [2.05, 4.69) is 15.3 Å². The molecule has 100 valence electrons. The number of nitrogens with two attached hydrogens (primary N) is 1. The van der Waals surface area contributed by atoms with E-state index in [9.17, 15) is 4.79 Å². The number of fused-ring (bicyclic) bond motifs is 1. The number of aromatic nitrogens is 2. The third-order valence-corrected chi connectivity index (χ3v) is 3.09. The molecular formula is C15H14N4O. The van der Waals surface area contributed by atoms with Crippen molar-refractivity contribution in [1.82, 2.24) is 15.3 Å². The molecule has 3 aromatic rings. The lowest BCUT2D eigenvalue weighted by Gasteiger charge is -2.06. The van der Waals surface area contributed by atoms with Gasteiger partial charge in [-0.15, -0.1) is 0 Å². The molecule has 1 amide bonds. The van der Waals surface area contributed by atoms with Crippen LogP contribution in [0.25, 0.3) is 11.0 Å². The molecule has 0 aliphatic heterocycles. The fourth-order valence-electron chi connectivity index (χ4n) is 2.06. The summed E-state index contributed by atoms with van der Waals surface area (Å²) in [5.74, 6) is -0.121. The van der Waals surface area contributed by atoms with E-state index < -0.39 is 0 Å². The van der Waals surface area contributed by atoms with Crippen molar-refractivity contribution < 1.29 is 4.79 Å². The SMILES string of the molecule is Nc1cccc(CNC(=O)c2ccc3nc[nH]c3c2)c1. The van der Waals surface area contributed by atoms with Gasteiger partial charge in [0.05, 0.1) is 17.4 Å². The molecule has 5 heteroatoms. The molecule has 0 atom stereocenters. The lowest BCUT2D eigenvalue weighted by atomic mass is 10.1. The van der Waals surface area contributed by atoms with E-state index in [-0.39, 0.29) is 5.91 Å². The van der Waals surface area contributed by atoms with E-state index in [1.165, 1.54) is 0 Å². The average Bonchev–Trinajstić information content (AvgIpc) is 2.92. The highest BCUT2D eigenvalue weighted by Gasteiger charge is 2.07. The molecule has 2 aromatic carbocycles. The molecule has 1 heterocycles. The fourth-order valence-corrected chi connectivity index (χ4v) is 2.06. The number of carbonyl (C=O) groups is 1. The van der Waals surface area contributed by atoms with Crippen LogP contribution in [0.2, 0.25) is 0 Å². The van der Waals surface area contributed by atoms with Crippen LogP contribution in [0.3, 0.4) is 0 Å². The Morgan fingerprint density at radius 3 is 3.00 bits per heavy atom. The zero-order valence-electron chi connectivity index (χ0n) is 10.8. The summed E-state index contributed by atoms with van der Waals surface area (Å²) in [6.07, 6.45) is 1.61. The van der Waals surface area contributed by atoms with Crippen molar-refractivity contribution in [3.63, 3.8) is 0 Å². The molecule has 0 fully saturated rings. The first-order chi connectivity index (χ1) is 9.72. The minimum absolute atomic E-state index is 0.121. The number of nitrogens with one attached hydrogen (secondary N) is 2. The topological polar surface area (TPSA) is 83.8 Å². The largest absolute Gasteiger partial charge is 0.399 e. The summed E-state index contributed by atoms with van der Waals surface area (Å²) < 4.78 is 0. The van der Waals surface area contributed by atoms with Crippen molar-refractivity contribution in [2.75, 3.05) is 5.73 Å². The summed E-state index contributed by atoms with van der Waals surface area (Å²) >= 11 is 0. The summed E-state index contributed by atoms with van der Waals surface area (Å²) in [4.78, 5) is 19.2. The highest BCUT2D eigenvalue weighted by Crippen LogP contribution is 2.12. The number of hydrogen-bond acceptors (Lipinski definition) is 3. The number of benzene rings is 2. The van der Waals surface area contributed by atoms with Crippen molar-refractivity contribution in [3.8, 4) is 0 Å². The average molecular weight is 266 g/mol. The summed E-state index contributed by atoms with van der Waals surface area (Å²) in [6.45, 7) is 0.449. The second kappa shape index (κ2) is 5.05. The lowest BCUT2D eigenvalue weighted by molar-refractivity contribution is 0.0951. The number of amides is 1. The van der Waals surface area contributed by atoms with Gasteiger partial charge in [0.15, 0.2) is 0 Å². The van der Waals surface area contributed by atoms with Crippen LogP contribution >= 0.6 is 0 Å². The molecule has 0 radical (unpaired) electrons. The van der Waals surface area contributed by atoms with Crippen LogP contribution in [0.1, 0.15) is 15.9 Å². The van der Waals surface area contributed by atoms with E-state index in [1.54, 1.807) is 18.5 Å². The second-order valence-electron chi connectivity index (χ2n) is 4.56. The van der Waals surface area contributed by atoms with Crippen molar-refractivity contribution in [2.45, 2.75) is 6.54 Å². The number of anilines is 1. The standard InChI is InChI=1S/C15H14N4O/c16-12-3-1-2-10(6-12)8-17-15(20)11-4-5-13-14(7-11)19-9-18-13/h1-7,9H,8,16H2,(H,17,20)(H,18,19). The third-order valence-electron chi connectivity index (χ3n) is 3.09. The minimum Gasteiger partial charge on any atom is -0.399 e. The van der Waals surface area contributed by atoms with E-state index in [1.807, 2.05) is 30.3 Å². The van der Waals surface area contributed by atoms with Gasteiger partial charge < -0.3 is 16.0 Å². The van der Waals surface area contributed by atoms with E-state index in [4.69, 9.17) is 5.73 Å². The van der Waals surface area contributed by atoms with Crippen molar-refractivity contribution >= 4 is 22.6 Å². The van der Waals surface area contributed by atoms with Gasteiger partial charge in [0.25, 0.3) is 5.91 Å². The molecule has 0 bridgehead atoms. The number of hydrogen-bond donors (Lipinski definition) is 3. The van der Waals surface area contributed by atoms with Crippen LogP contribution in [0.4, 0.5) is 5.69 Å².